The summed E-state index contributed by atoms with van der Waals surface area (Å²) in [7, 11) is -7.30. The van der Waals surface area contributed by atoms with Crippen molar-refractivity contribution in [3.05, 3.63) is 30.3 Å². The van der Waals surface area contributed by atoms with Crippen molar-refractivity contribution in [3.8, 4) is 0 Å². The first kappa shape index (κ1) is 13.8. The fraction of sp³-hybridized carbons (Fsp3) is 0.400. The van der Waals surface area contributed by atoms with E-state index in [9.17, 15) is 16.8 Å². The zero-order valence-electron chi connectivity index (χ0n) is 9.19. The molecule has 0 aliphatic carbocycles. The number of benzene rings is 1. The van der Waals surface area contributed by atoms with Gasteiger partial charge in [-0.2, -0.15) is 8.42 Å². The topological polar surface area (TPSA) is 77.5 Å². The summed E-state index contributed by atoms with van der Waals surface area (Å²) in [5.74, 6) is -0.628. The Morgan fingerprint density at radius 2 is 1.78 bits per heavy atom. The molecule has 0 N–H and O–H groups in total. The zero-order valence-corrected chi connectivity index (χ0v) is 11.6. The van der Waals surface area contributed by atoms with Crippen LogP contribution in [-0.4, -0.2) is 39.8 Å². The molecule has 100 valence electrons. The zero-order chi connectivity index (χ0) is 13.4. The van der Waals surface area contributed by atoms with Gasteiger partial charge in [-0.05, 0) is 12.1 Å². The maximum Gasteiger partial charge on any atom is 0.297 e. The molecule has 0 saturated carbocycles. The quantitative estimate of drug-likeness (QED) is 0.609. The van der Waals surface area contributed by atoms with Crippen LogP contribution in [0.1, 0.15) is 0 Å². The molecule has 0 radical (unpaired) electrons. The van der Waals surface area contributed by atoms with Crippen molar-refractivity contribution in [1.82, 2.24) is 0 Å². The number of rotatable bonds is 3. The highest BCUT2D eigenvalue weighted by Crippen LogP contribution is 2.24. The van der Waals surface area contributed by atoms with Gasteiger partial charge in [0.15, 0.2) is 9.84 Å². The van der Waals surface area contributed by atoms with Crippen LogP contribution in [0.25, 0.3) is 0 Å². The molecular weight excluding hydrogens is 300 g/mol. The van der Waals surface area contributed by atoms with Crippen LogP contribution >= 0.6 is 11.6 Å². The van der Waals surface area contributed by atoms with E-state index in [0.29, 0.717) is 0 Å². The maximum absolute atomic E-state index is 11.9. The average Bonchev–Trinajstić information content (AvgIpc) is 2.52. The van der Waals surface area contributed by atoms with Gasteiger partial charge in [0.25, 0.3) is 10.1 Å². The van der Waals surface area contributed by atoms with Crippen LogP contribution in [0.4, 0.5) is 0 Å². The van der Waals surface area contributed by atoms with E-state index in [4.69, 9.17) is 15.8 Å². The summed E-state index contributed by atoms with van der Waals surface area (Å²) >= 11 is 5.79. The van der Waals surface area contributed by atoms with Crippen molar-refractivity contribution < 1.29 is 21.0 Å². The van der Waals surface area contributed by atoms with Gasteiger partial charge in [0.1, 0.15) is 6.10 Å². The molecule has 1 aromatic rings. The molecule has 0 bridgehead atoms. The second-order valence-electron chi connectivity index (χ2n) is 3.99. The molecule has 2 atom stereocenters. The largest absolute Gasteiger partial charge is 0.297 e. The summed E-state index contributed by atoms with van der Waals surface area (Å²) in [5, 5.41) is -0.839. The maximum atomic E-state index is 11.9. The van der Waals surface area contributed by atoms with Gasteiger partial charge in [0.05, 0.1) is 21.8 Å². The van der Waals surface area contributed by atoms with E-state index in [1.807, 2.05) is 0 Å². The van der Waals surface area contributed by atoms with E-state index >= 15 is 0 Å². The molecule has 0 spiro atoms. The van der Waals surface area contributed by atoms with E-state index in [1.54, 1.807) is 18.2 Å². The van der Waals surface area contributed by atoms with Crippen molar-refractivity contribution in [1.29, 1.82) is 0 Å². The molecule has 0 aromatic heterocycles. The molecule has 0 unspecified atom stereocenters. The molecule has 0 amide bonds. The summed E-state index contributed by atoms with van der Waals surface area (Å²) in [6, 6.07) is 7.53. The third-order valence-corrected chi connectivity index (χ3v) is 6.19. The van der Waals surface area contributed by atoms with E-state index in [2.05, 4.69) is 0 Å². The lowest BCUT2D eigenvalue weighted by molar-refractivity contribution is 0.239. The summed E-state index contributed by atoms with van der Waals surface area (Å²) in [6.07, 6.45) is -1.03. The van der Waals surface area contributed by atoms with Crippen molar-refractivity contribution in [2.45, 2.75) is 16.4 Å². The molecule has 1 aliphatic rings. The second kappa shape index (κ2) is 4.80. The van der Waals surface area contributed by atoms with Crippen molar-refractivity contribution in [2.24, 2.45) is 0 Å². The van der Waals surface area contributed by atoms with Crippen LogP contribution in [0, 0.1) is 0 Å². The molecule has 18 heavy (non-hydrogen) atoms. The number of sulfone groups is 1. The van der Waals surface area contributed by atoms with Gasteiger partial charge in [0.2, 0.25) is 0 Å². The van der Waals surface area contributed by atoms with Gasteiger partial charge in [-0.1, -0.05) is 18.2 Å². The Morgan fingerprint density at radius 1 is 1.17 bits per heavy atom. The minimum absolute atomic E-state index is 0.0156. The Balaban J connectivity index is 2.20. The minimum atomic E-state index is -3.98. The first-order valence-electron chi connectivity index (χ1n) is 5.13. The van der Waals surface area contributed by atoms with E-state index in [1.165, 1.54) is 12.1 Å². The summed E-state index contributed by atoms with van der Waals surface area (Å²) in [5.41, 5.74) is 0. The third kappa shape index (κ3) is 3.03. The first-order chi connectivity index (χ1) is 8.30. The Morgan fingerprint density at radius 3 is 2.28 bits per heavy atom. The van der Waals surface area contributed by atoms with Gasteiger partial charge in [-0.25, -0.2) is 8.42 Å². The van der Waals surface area contributed by atoms with E-state index < -0.39 is 31.4 Å². The van der Waals surface area contributed by atoms with Crippen LogP contribution in [0.3, 0.4) is 0 Å². The molecule has 1 aliphatic heterocycles. The predicted octanol–water partition coefficient (Wildman–Crippen LogP) is 0.796. The van der Waals surface area contributed by atoms with E-state index in [0.717, 1.165) is 0 Å². The molecule has 1 saturated heterocycles. The van der Waals surface area contributed by atoms with Crippen LogP contribution in [0.2, 0.25) is 0 Å². The normalized spacial score (nSPS) is 27.2. The Labute approximate surface area is 111 Å². The van der Waals surface area contributed by atoms with Crippen molar-refractivity contribution >= 4 is 31.6 Å². The Bertz CT molecular complexity index is 623. The molecule has 1 heterocycles. The van der Waals surface area contributed by atoms with Crippen LogP contribution in [0.15, 0.2) is 35.2 Å². The lowest BCUT2D eigenvalue weighted by atomic mass is 10.3. The highest BCUT2D eigenvalue weighted by Gasteiger charge is 2.40. The monoisotopic (exact) mass is 310 g/mol. The standard InChI is InChI=1S/C10H11ClO5S2/c11-9-6-17(12,13)7-10(9)16-18(14,15)8-4-2-1-3-5-8/h1-5,9-10H,6-7H2/t9-,10+/m0/s1. The second-order valence-corrected chi connectivity index (χ2v) is 8.28. The molecule has 1 fully saturated rings. The minimum Gasteiger partial charge on any atom is -0.260 e. The number of hydrogen-bond donors (Lipinski definition) is 0. The van der Waals surface area contributed by atoms with Crippen molar-refractivity contribution in [3.63, 3.8) is 0 Å². The fourth-order valence-corrected chi connectivity index (χ4v) is 5.40. The average molecular weight is 311 g/mol. The highest BCUT2D eigenvalue weighted by atomic mass is 35.5. The smallest absolute Gasteiger partial charge is 0.260 e. The summed E-state index contributed by atoms with van der Waals surface area (Å²) < 4.78 is 51.3. The van der Waals surface area contributed by atoms with Gasteiger partial charge < -0.3 is 0 Å². The van der Waals surface area contributed by atoms with Gasteiger partial charge >= 0.3 is 0 Å². The van der Waals surface area contributed by atoms with Gasteiger partial charge in [0, 0.05) is 0 Å². The number of halogens is 1. The lowest BCUT2D eigenvalue weighted by Gasteiger charge is -2.13. The summed E-state index contributed by atoms with van der Waals surface area (Å²) in [6.45, 7) is 0. The summed E-state index contributed by atoms with van der Waals surface area (Å²) in [4.78, 5) is -0.0156. The van der Waals surface area contributed by atoms with Gasteiger partial charge in [-0.15, -0.1) is 11.6 Å². The molecule has 5 nitrogen and oxygen atoms in total. The molecular formula is C10H11ClO5S2. The third-order valence-electron chi connectivity index (χ3n) is 2.52. The lowest BCUT2D eigenvalue weighted by Crippen LogP contribution is -2.26. The van der Waals surface area contributed by atoms with Crippen LogP contribution in [0.5, 0.6) is 0 Å². The number of hydrogen-bond acceptors (Lipinski definition) is 5. The van der Waals surface area contributed by atoms with Crippen LogP contribution in [-0.2, 0) is 24.1 Å². The van der Waals surface area contributed by atoms with Gasteiger partial charge in [-0.3, -0.25) is 4.18 Å². The van der Waals surface area contributed by atoms with Crippen LogP contribution < -0.4 is 0 Å². The SMILES string of the molecule is O=S1(=O)C[C@H](Cl)[C@H](OS(=O)(=O)c2ccccc2)C1. The molecule has 1 aromatic carbocycles. The Kier molecular flexibility index (Phi) is 3.68. The highest BCUT2D eigenvalue weighted by molar-refractivity contribution is 7.92. The number of alkyl halides is 1. The first-order valence-corrected chi connectivity index (χ1v) is 8.80. The van der Waals surface area contributed by atoms with E-state index in [-0.39, 0.29) is 16.4 Å². The molecule has 8 heteroatoms. The predicted molar refractivity (Wildman–Crippen MR) is 66.8 cm³/mol. The molecule has 2 rings (SSSR count). The Hall–Kier alpha value is -0.630. The van der Waals surface area contributed by atoms with Crippen molar-refractivity contribution in [2.75, 3.05) is 11.5 Å². The fourth-order valence-electron chi connectivity index (χ4n) is 1.67.